The molecular weight excluding hydrogens is 252 g/mol. The van der Waals surface area contributed by atoms with Crippen LogP contribution in [0.2, 0.25) is 0 Å². The normalized spacial score (nSPS) is 11.8. The van der Waals surface area contributed by atoms with Gasteiger partial charge in [0.25, 0.3) is 5.91 Å². The first-order valence-corrected chi connectivity index (χ1v) is 6.96. The zero-order valence-electron chi connectivity index (χ0n) is 12.9. The van der Waals surface area contributed by atoms with E-state index in [1.165, 1.54) is 0 Å². The maximum absolute atomic E-state index is 11.9. The number of likely N-dealkylation sites (N-methyl/N-ethyl adjacent to an activating group) is 2. The van der Waals surface area contributed by atoms with Crippen LogP contribution in [0, 0.1) is 0 Å². The molecule has 1 amide bonds. The van der Waals surface area contributed by atoms with Crippen molar-refractivity contribution in [2.75, 3.05) is 46.8 Å². The number of carbonyl (C=O) groups excluding carboxylic acids is 1. The summed E-state index contributed by atoms with van der Waals surface area (Å²) in [4.78, 5) is 11.9. The zero-order chi connectivity index (χ0) is 15.2. The zero-order valence-corrected chi connectivity index (χ0v) is 12.9. The van der Waals surface area contributed by atoms with E-state index in [0.29, 0.717) is 18.7 Å². The van der Waals surface area contributed by atoms with E-state index in [0.717, 1.165) is 25.2 Å². The molecule has 0 saturated carbocycles. The van der Waals surface area contributed by atoms with Gasteiger partial charge in [0.05, 0.1) is 0 Å². The lowest BCUT2D eigenvalue weighted by Crippen LogP contribution is -2.34. The quantitative estimate of drug-likeness (QED) is 0.248. The highest BCUT2D eigenvalue weighted by atomic mass is 16.1. The summed E-state index contributed by atoms with van der Waals surface area (Å²) in [5, 5.41) is 12.2. The maximum atomic E-state index is 11.9. The van der Waals surface area contributed by atoms with Crippen molar-refractivity contribution in [3.63, 3.8) is 0 Å². The molecule has 0 aliphatic rings. The van der Waals surface area contributed by atoms with Crippen molar-refractivity contribution in [2.24, 2.45) is 0 Å². The van der Waals surface area contributed by atoms with E-state index in [9.17, 15) is 4.79 Å². The highest BCUT2D eigenvalue weighted by molar-refractivity contribution is 5.96. The minimum absolute atomic E-state index is 0.0589. The van der Waals surface area contributed by atoms with Crippen LogP contribution in [0.3, 0.4) is 0 Å². The SMILES string of the molecule is C=C(/C=C\C(=C/C)C(=O)NCCNCCNC)CNC. The predicted octanol–water partition coefficient (Wildman–Crippen LogP) is 0.190. The standard InChI is InChI=1S/C15H28N4O/c1-5-14(7-6-13(2)12-17-4)15(20)19-11-10-18-9-8-16-3/h5-7,16-18H,2,8-12H2,1,3-4H3,(H,19,20)/b7-6-,14-5+. The molecule has 0 atom stereocenters. The van der Waals surface area contributed by atoms with Crippen LogP contribution in [-0.2, 0) is 4.79 Å². The van der Waals surface area contributed by atoms with E-state index in [4.69, 9.17) is 0 Å². The van der Waals surface area contributed by atoms with E-state index in [1.54, 1.807) is 12.2 Å². The monoisotopic (exact) mass is 280 g/mol. The summed E-state index contributed by atoms with van der Waals surface area (Å²) < 4.78 is 0. The van der Waals surface area contributed by atoms with Crippen LogP contribution in [0.1, 0.15) is 6.92 Å². The summed E-state index contributed by atoms with van der Waals surface area (Å²) in [6, 6.07) is 0. The Kier molecular flexibility index (Phi) is 11.7. The number of amides is 1. The smallest absolute Gasteiger partial charge is 0.250 e. The van der Waals surface area contributed by atoms with Crippen molar-refractivity contribution in [3.05, 3.63) is 36.0 Å². The van der Waals surface area contributed by atoms with Gasteiger partial charge in [-0.15, -0.1) is 0 Å². The Hall–Kier alpha value is -1.43. The van der Waals surface area contributed by atoms with Crippen molar-refractivity contribution in [3.8, 4) is 0 Å². The molecule has 0 rings (SSSR count). The van der Waals surface area contributed by atoms with Gasteiger partial charge in [0, 0.05) is 38.3 Å². The average molecular weight is 280 g/mol. The van der Waals surface area contributed by atoms with Gasteiger partial charge in [0.1, 0.15) is 0 Å². The molecule has 0 spiro atoms. The van der Waals surface area contributed by atoms with Gasteiger partial charge in [0.2, 0.25) is 0 Å². The van der Waals surface area contributed by atoms with Gasteiger partial charge in [-0.05, 0) is 32.7 Å². The number of allylic oxidation sites excluding steroid dienone is 1. The molecule has 4 N–H and O–H groups in total. The van der Waals surface area contributed by atoms with Crippen LogP contribution in [0.4, 0.5) is 0 Å². The largest absolute Gasteiger partial charge is 0.351 e. The van der Waals surface area contributed by atoms with Crippen LogP contribution >= 0.6 is 0 Å². The highest BCUT2D eigenvalue weighted by Crippen LogP contribution is 2.00. The molecule has 114 valence electrons. The fourth-order valence-corrected chi connectivity index (χ4v) is 1.50. The van der Waals surface area contributed by atoms with Crippen molar-refractivity contribution in [2.45, 2.75) is 6.92 Å². The number of carbonyl (C=O) groups is 1. The molecular formula is C15H28N4O. The molecule has 0 aliphatic carbocycles. The van der Waals surface area contributed by atoms with Crippen LogP contribution < -0.4 is 21.3 Å². The van der Waals surface area contributed by atoms with Crippen LogP contribution in [0.25, 0.3) is 0 Å². The first-order chi connectivity index (χ1) is 9.65. The number of rotatable bonds is 11. The summed E-state index contributed by atoms with van der Waals surface area (Å²) in [5.74, 6) is -0.0589. The summed E-state index contributed by atoms with van der Waals surface area (Å²) in [6.45, 7) is 9.65. The van der Waals surface area contributed by atoms with Gasteiger partial charge in [-0.25, -0.2) is 0 Å². The predicted molar refractivity (Wildman–Crippen MR) is 85.8 cm³/mol. The van der Waals surface area contributed by atoms with E-state index in [2.05, 4.69) is 27.8 Å². The second-order valence-electron chi connectivity index (χ2n) is 4.38. The second-order valence-corrected chi connectivity index (χ2v) is 4.38. The molecule has 0 heterocycles. The summed E-state index contributed by atoms with van der Waals surface area (Å²) in [5.41, 5.74) is 1.59. The third-order valence-electron chi connectivity index (χ3n) is 2.61. The Morgan fingerprint density at radius 1 is 1.05 bits per heavy atom. The summed E-state index contributed by atoms with van der Waals surface area (Å²) in [7, 11) is 3.78. The lowest BCUT2D eigenvalue weighted by molar-refractivity contribution is -0.117. The average Bonchev–Trinajstić information content (AvgIpc) is 2.43. The lowest BCUT2D eigenvalue weighted by atomic mass is 10.1. The maximum Gasteiger partial charge on any atom is 0.250 e. The molecule has 20 heavy (non-hydrogen) atoms. The minimum Gasteiger partial charge on any atom is -0.351 e. The molecule has 0 aromatic rings. The van der Waals surface area contributed by atoms with Gasteiger partial charge in [0.15, 0.2) is 0 Å². The third-order valence-corrected chi connectivity index (χ3v) is 2.61. The van der Waals surface area contributed by atoms with Crippen molar-refractivity contribution in [1.82, 2.24) is 21.3 Å². The van der Waals surface area contributed by atoms with Crippen LogP contribution in [0.5, 0.6) is 0 Å². The van der Waals surface area contributed by atoms with Gasteiger partial charge in [-0.3, -0.25) is 4.79 Å². The van der Waals surface area contributed by atoms with E-state index in [-0.39, 0.29) is 5.91 Å². The van der Waals surface area contributed by atoms with Gasteiger partial charge < -0.3 is 21.3 Å². The Balaban J connectivity index is 4.01. The summed E-state index contributed by atoms with van der Waals surface area (Å²) in [6.07, 6.45) is 5.45. The Labute approximate surface area is 122 Å². The number of nitrogens with one attached hydrogen (secondary N) is 4. The highest BCUT2D eigenvalue weighted by Gasteiger charge is 2.03. The molecule has 0 aliphatic heterocycles. The molecule has 0 fully saturated rings. The van der Waals surface area contributed by atoms with E-state index < -0.39 is 0 Å². The fraction of sp³-hybridized carbons (Fsp3) is 0.533. The minimum atomic E-state index is -0.0589. The molecule has 0 aromatic carbocycles. The third kappa shape index (κ3) is 9.49. The van der Waals surface area contributed by atoms with Crippen molar-refractivity contribution >= 4 is 5.91 Å². The van der Waals surface area contributed by atoms with E-state index >= 15 is 0 Å². The molecule has 0 unspecified atom stereocenters. The molecule has 0 radical (unpaired) electrons. The molecule has 5 nitrogen and oxygen atoms in total. The Bertz CT molecular complexity index is 348. The topological polar surface area (TPSA) is 65.2 Å². The van der Waals surface area contributed by atoms with E-state index in [1.807, 2.05) is 27.1 Å². The Morgan fingerprint density at radius 2 is 1.75 bits per heavy atom. The fourth-order valence-electron chi connectivity index (χ4n) is 1.50. The summed E-state index contributed by atoms with van der Waals surface area (Å²) >= 11 is 0. The Morgan fingerprint density at radius 3 is 2.35 bits per heavy atom. The first-order valence-electron chi connectivity index (χ1n) is 6.96. The van der Waals surface area contributed by atoms with Crippen LogP contribution in [-0.4, -0.2) is 52.7 Å². The molecule has 0 saturated heterocycles. The molecule has 5 heteroatoms. The lowest BCUT2D eigenvalue weighted by Gasteiger charge is -2.07. The van der Waals surface area contributed by atoms with Crippen LogP contribution in [0.15, 0.2) is 36.0 Å². The van der Waals surface area contributed by atoms with Gasteiger partial charge >= 0.3 is 0 Å². The second kappa shape index (κ2) is 12.6. The van der Waals surface area contributed by atoms with Gasteiger partial charge in [-0.2, -0.15) is 0 Å². The number of hydrogen-bond acceptors (Lipinski definition) is 4. The number of hydrogen-bond donors (Lipinski definition) is 4. The van der Waals surface area contributed by atoms with Crippen molar-refractivity contribution < 1.29 is 4.79 Å². The van der Waals surface area contributed by atoms with Crippen molar-refractivity contribution in [1.29, 1.82) is 0 Å². The molecule has 0 bridgehead atoms. The first kappa shape index (κ1) is 18.6. The molecule has 0 aromatic heterocycles. The van der Waals surface area contributed by atoms with Gasteiger partial charge in [-0.1, -0.05) is 18.7 Å².